The molecule has 0 spiro atoms. The van der Waals surface area contributed by atoms with Crippen molar-refractivity contribution in [2.75, 3.05) is 7.11 Å². The molecule has 1 heterocycles. The number of hydrogen-bond acceptors (Lipinski definition) is 5. The summed E-state index contributed by atoms with van der Waals surface area (Å²) >= 11 is 0. The van der Waals surface area contributed by atoms with Crippen molar-refractivity contribution < 1.29 is 24.2 Å². The molecule has 0 radical (unpaired) electrons. The van der Waals surface area contributed by atoms with Crippen molar-refractivity contribution in [3.63, 3.8) is 0 Å². The molecular formula is C7H8O5. The van der Waals surface area contributed by atoms with Crippen LogP contribution in [0.4, 0.5) is 0 Å². The van der Waals surface area contributed by atoms with Crippen molar-refractivity contribution in [3.8, 4) is 0 Å². The molecule has 0 aromatic rings. The Hall–Kier alpha value is -1.52. The third-order valence-electron chi connectivity index (χ3n) is 1.54. The highest BCUT2D eigenvalue weighted by molar-refractivity contribution is 6.02. The van der Waals surface area contributed by atoms with Crippen LogP contribution in [0.3, 0.4) is 0 Å². The van der Waals surface area contributed by atoms with Gasteiger partial charge < -0.3 is 14.6 Å². The number of ether oxygens (including phenoxy) is 2. The molecule has 0 aliphatic carbocycles. The number of methoxy groups -OCH3 is 1. The first kappa shape index (κ1) is 8.58. The summed E-state index contributed by atoms with van der Waals surface area (Å²) in [6.45, 7) is 1.48. The molecule has 1 atom stereocenters. The summed E-state index contributed by atoms with van der Waals surface area (Å²) in [4.78, 5) is 21.6. The van der Waals surface area contributed by atoms with Crippen LogP contribution in [0.15, 0.2) is 11.3 Å². The van der Waals surface area contributed by atoms with Gasteiger partial charge in [0, 0.05) is 0 Å². The SMILES string of the molecule is COC(=O)C1=C(O)C(=O)O[C@@H]1C. The molecule has 0 aromatic carbocycles. The fourth-order valence-electron chi connectivity index (χ4n) is 0.950. The lowest BCUT2D eigenvalue weighted by Crippen LogP contribution is -2.14. The van der Waals surface area contributed by atoms with Crippen LogP contribution in [0.5, 0.6) is 0 Å². The van der Waals surface area contributed by atoms with Gasteiger partial charge in [-0.05, 0) is 6.92 Å². The average Bonchev–Trinajstić information content (AvgIpc) is 2.26. The molecule has 1 rings (SSSR count). The molecule has 1 aliphatic rings. The van der Waals surface area contributed by atoms with Gasteiger partial charge in [0.25, 0.3) is 0 Å². The summed E-state index contributed by atoms with van der Waals surface area (Å²) in [5.41, 5.74) is -0.123. The van der Waals surface area contributed by atoms with E-state index in [4.69, 9.17) is 5.11 Å². The zero-order chi connectivity index (χ0) is 9.30. The third kappa shape index (κ3) is 1.13. The highest BCUT2D eigenvalue weighted by Gasteiger charge is 2.36. The van der Waals surface area contributed by atoms with Gasteiger partial charge >= 0.3 is 11.9 Å². The van der Waals surface area contributed by atoms with Crippen LogP contribution < -0.4 is 0 Å². The molecule has 0 aromatic heterocycles. The zero-order valence-electron chi connectivity index (χ0n) is 6.66. The van der Waals surface area contributed by atoms with Crippen LogP contribution >= 0.6 is 0 Å². The van der Waals surface area contributed by atoms with E-state index in [-0.39, 0.29) is 5.57 Å². The highest BCUT2D eigenvalue weighted by atomic mass is 16.6. The highest BCUT2D eigenvalue weighted by Crippen LogP contribution is 2.21. The molecule has 5 nitrogen and oxygen atoms in total. The number of cyclic esters (lactones) is 1. The van der Waals surface area contributed by atoms with Gasteiger partial charge in [-0.25, -0.2) is 9.59 Å². The summed E-state index contributed by atoms with van der Waals surface area (Å²) in [6.07, 6.45) is -0.732. The van der Waals surface area contributed by atoms with E-state index < -0.39 is 23.8 Å². The van der Waals surface area contributed by atoms with Gasteiger partial charge in [-0.3, -0.25) is 0 Å². The van der Waals surface area contributed by atoms with Crippen molar-refractivity contribution in [2.45, 2.75) is 13.0 Å². The van der Waals surface area contributed by atoms with Crippen molar-refractivity contribution in [3.05, 3.63) is 11.3 Å². The predicted molar refractivity (Wildman–Crippen MR) is 37.2 cm³/mol. The van der Waals surface area contributed by atoms with E-state index in [0.717, 1.165) is 7.11 Å². The summed E-state index contributed by atoms with van der Waals surface area (Å²) in [5, 5.41) is 9.03. The summed E-state index contributed by atoms with van der Waals surface area (Å²) in [6, 6.07) is 0. The monoisotopic (exact) mass is 172 g/mol. The maximum absolute atomic E-state index is 10.9. The number of hydrogen-bond donors (Lipinski definition) is 1. The number of aliphatic hydroxyl groups is 1. The lowest BCUT2D eigenvalue weighted by atomic mass is 10.1. The van der Waals surface area contributed by atoms with Gasteiger partial charge in [-0.15, -0.1) is 0 Å². The lowest BCUT2D eigenvalue weighted by molar-refractivity contribution is -0.142. The van der Waals surface area contributed by atoms with Gasteiger partial charge in [-0.1, -0.05) is 0 Å². The fraction of sp³-hybridized carbons (Fsp3) is 0.429. The van der Waals surface area contributed by atoms with Gasteiger partial charge in [0.2, 0.25) is 5.76 Å². The van der Waals surface area contributed by atoms with Crippen molar-refractivity contribution >= 4 is 11.9 Å². The minimum Gasteiger partial charge on any atom is -0.501 e. The van der Waals surface area contributed by atoms with Crippen molar-refractivity contribution in [2.24, 2.45) is 0 Å². The molecule has 1 aliphatic heterocycles. The number of rotatable bonds is 1. The summed E-state index contributed by atoms with van der Waals surface area (Å²) in [5.74, 6) is -2.29. The van der Waals surface area contributed by atoms with Crippen molar-refractivity contribution in [1.29, 1.82) is 0 Å². The lowest BCUT2D eigenvalue weighted by Gasteiger charge is -2.04. The van der Waals surface area contributed by atoms with E-state index in [1.165, 1.54) is 6.92 Å². The van der Waals surface area contributed by atoms with Crippen LogP contribution in [0.1, 0.15) is 6.92 Å². The summed E-state index contributed by atoms with van der Waals surface area (Å²) < 4.78 is 8.88. The van der Waals surface area contributed by atoms with Crippen LogP contribution in [0, 0.1) is 0 Å². The van der Waals surface area contributed by atoms with E-state index >= 15 is 0 Å². The van der Waals surface area contributed by atoms with Crippen molar-refractivity contribution in [1.82, 2.24) is 0 Å². The largest absolute Gasteiger partial charge is 0.501 e. The Morgan fingerprint density at radius 1 is 1.67 bits per heavy atom. The van der Waals surface area contributed by atoms with Gasteiger partial charge in [-0.2, -0.15) is 0 Å². The maximum atomic E-state index is 10.9. The van der Waals surface area contributed by atoms with Crippen LogP contribution in [-0.2, 0) is 19.1 Å². The molecule has 0 unspecified atom stereocenters. The van der Waals surface area contributed by atoms with Gasteiger partial charge in [0.1, 0.15) is 11.7 Å². The second-order valence-corrected chi connectivity index (χ2v) is 2.30. The molecule has 0 fully saturated rings. The Balaban J connectivity index is 3.00. The standard InChI is InChI=1S/C7H8O5/c1-3-4(6(9)11-2)5(8)7(10)12-3/h3,8H,1-2H3/t3-/m1/s1. The fourth-order valence-corrected chi connectivity index (χ4v) is 0.950. The molecule has 0 saturated heterocycles. The minimum atomic E-state index is -0.886. The maximum Gasteiger partial charge on any atom is 0.374 e. The van der Waals surface area contributed by atoms with Crippen LogP contribution in [0.2, 0.25) is 0 Å². The molecule has 0 amide bonds. The molecule has 0 saturated carbocycles. The Labute approximate surface area is 68.6 Å². The minimum absolute atomic E-state index is 0.123. The number of carbonyl (C=O) groups is 2. The Morgan fingerprint density at radius 3 is 2.58 bits per heavy atom. The Kier molecular flexibility index (Phi) is 2.03. The van der Waals surface area contributed by atoms with Crippen LogP contribution in [0.25, 0.3) is 0 Å². The Morgan fingerprint density at radius 2 is 2.25 bits per heavy atom. The van der Waals surface area contributed by atoms with E-state index in [2.05, 4.69) is 9.47 Å². The van der Waals surface area contributed by atoms with Gasteiger partial charge in [0.15, 0.2) is 0 Å². The molecule has 5 heteroatoms. The zero-order valence-corrected chi connectivity index (χ0v) is 6.66. The normalized spacial score (nSPS) is 22.5. The van der Waals surface area contributed by atoms with Crippen LogP contribution in [-0.4, -0.2) is 30.3 Å². The topological polar surface area (TPSA) is 72.8 Å². The average molecular weight is 172 g/mol. The smallest absolute Gasteiger partial charge is 0.374 e. The molecule has 66 valence electrons. The van der Waals surface area contributed by atoms with E-state index in [9.17, 15) is 9.59 Å². The van der Waals surface area contributed by atoms with E-state index in [1.807, 2.05) is 0 Å². The quantitative estimate of drug-likeness (QED) is 0.560. The Bertz CT molecular complexity index is 265. The number of carbonyl (C=O) groups excluding carboxylic acids is 2. The van der Waals surface area contributed by atoms with Gasteiger partial charge in [0.05, 0.1) is 7.11 Å². The predicted octanol–water partition coefficient (Wildman–Crippen LogP) is -0.0832. The van der Waals surface area contributed by atoms with E-state index in [0.29, 0.717) is 0 Å². The first-order valence-corrected chi connectivity index (χ1v) is 3.30. The molecule has 0 bridgehead atoms. The first-order chi connectivity index (χ1) is 5.57. The van der Waals surface area contributed by atoms with E-state index in [1.54, 1.807) is 0 Å². The first-order valence-electron chi connectivity index (χ1n) is 3.30. The summed E-state index contributed by atoms with van der Waals surface area (Å²) in [7, 11) is 1.16. The number of esters is 2. The third-order valence-corrected chi connectivity index (χ3v) is 1.54. The molecular weight excluding hydrogens is 164 g/mol. The second kappa shape index (κ2) is 2.84. The molecule has 1 N–H and O–H groups in total. The number of aliphatic hydroxyl groups excluding tert-OH is 1. The molecule has 12 heavy (non-hydrogen) atoms. The second-order valence-electron chi connectivity index (χ2n) is 2.30.